The Bertz CT molecular complexity index is 2720. The van der Waals surface area contributed by atoms with Gasteiger partial charge in [0.25, 0.3) is 5.91 Å². The summed E-state index contributed by atoms with van der Waals surface area (Å²) in [7, 11) is 3.63. The molecule has 14 heteroatoms. The number of nitrogens with zero attached hydrogens (tertiary/aromatic N) is 8. The number of rotatable bonds is 10. The molecule has 0 fully saturated rings. The van der Waals surface area contributed by atoms with E-state index in [4.69, 9.17) is 33.0 Å². The number of aryl methyl sites for hydroxylation is 6. The molecule has 56 heavy (non-hydrogen) atoms. The number of carbonyl (C=O) groups excluding carboxylic acids is 1. The molecule has 1 aliphatic rings. The Balaban J connectivity index is 1.28. The average molecular weight is 794 g/mol. The van der Waals surface area contributed by atoms with E-state index in [0.29, 0.717) is 59.0 Å². The predicted octanol–water partition coefficient (Wildman–Crippen LogP) is 8.64. The first-order chi connectivity index (χ1) is 26.7. The van der Waals surface area contributed by atoms with Crippen molar-refractivity contribution in [1.82, 2.24) is 33.9 Å². The highest BCUT2D eigenvalue weighted by molar-refractivity contribution is 6.35. The number of carboxylic acids is 1. The van der Waals surface area contributed by atoms with E-state index in [1.54, 1.807) is 28.8 Å². The lowest BCUT2D eigenvalue weighted by molar-refractivity contribution is 0.0686. The molecular formula is C42H42Cl2N8O4. The van der Waals surface area contributed by atoms with Crippen LogP contribution in [0.4, 0.5) is 5.69 Å². The van der Waals surface area contributed by atoms with Crippen molar-refractivity contribution < 1.29 is 19.4 Å². The van der Waals surface area contributed by atoms with Crippen LogP contribution in [0.3, 0.4) is 0 Å². The molecule has 7 aromatic rings. The molecule has 0 unspecified atom stereocenters. The van der Waals surface area contributed by atoms with Crippen LogP contribution in [0.5, 0.6) is 5.75 Å². The van der Waals surface area contributed by atoms with Gasteiger partial charge in [-0.25, -0.2) is 4.79 Å². The fraction of sp³-hybridized carbons (Fsp3) is 0.310. The number of aromatic carboxylic acids is 1. The topological polar surface area (TPSA) is 125 Å². The second-order valence-electron chi connectivity index (χ2n) is 14.7. The van der Waals surface area contributed by atoms with Gasteiger partial charge in [0.15, 0.2) is 0 Å². The van der Waals surface area contributed by atoms with Gasteiger partial charge in [-0.15, -0.1) is 0 Å². The zero-order valence-electron chi connectivity index (χ0n) is 32.3. The summed E-state index contributed by atoms with van der Waals surface area (Å²) >= 11 is 13.5. The number of halogens is 2. The Morgan fingerprint density at radius 3 is 2.39 bits per heavy atom. The molecule has 1 atom stereocenters. The summed E-state index contributed by atoms with van der Waals surface area (Å²) in [6, 6.07) is 14.9. The molecule has 12 nitrogen and oxygen atoms in total. The molecule has 0 saturated carbocycles. The van der Waals surface area contributed by atoms with E-state index in [2.05, 4.69) is 21.7 Å². The van der Waals surface area contributed by atoms with Crippen LogP contribution in [0.15, 0.2) is 54.7 Å². The third kappa shape index (κ3) is 6.11. The second kappa shape index (κ2) is 14.2. The maximum atomic E-state index is 15.3. The number of carbonyl (C=O) groups is 2. The number of amides is 1. The summed E-state index contributed by atoms with van der Waals surface area (Å²) in [6.45, 7) is 11.0. The number of hydrogen-bond acceptors (Lipinski definition) is 6. The number of anilines is 1. The monoisotopic (exact) mass is 792 g/mol. The first kappa shape index (κ1) is 37.3. The van der Waals surface area contributed by atoms with Gasteiger partial charge in [0.2, 0.25) is 0 Å². The van der Waals surface area contributed by atoms with Gasteiger partial charge in [-0.3, -0.25) is 9.48 Å². The molecular weight excluding hydrogens is 751 g/mol. The lowest BCUT2D eigenvalue weighted by Crippen LogP contribution is -2.43. The lowest BCUT2D eigenvalue weighted by atomic mass is 9.98. The fourth-order valence-corrected chi connectivity index (χ4v) is 8.78. The van der Waals surface area contributed by atoms with E-state index in [-0.39, 0.29) is 24.2 Å². The molecule has 8 rings (SSSR count). The third-order valence-corrected chi connectivity index (χ3v) is 11.9. The minimum absolute atomic E-state index is 0.0954. The van der Waals surface area contributed by atoms with Gasteiger partial charge in [0.1, 0.15) is 22.8 Å². The molecule has 1 aliphatic heterocycles. The SMILES string of the molecule is Cc1cc(OCCCc2c3n(c4c(-c5c(C)nn(C)c5C)c(Cl)ccc24)[C@H](C)CN(c2cccc4cc(C(=O)O)n(Cc5cnn(C)n5)c24)C3=O)cc(C)c1Cl. The van der Waals surface area contributed by atoms with Crippen LogP contribution in [0.1, 0.15) is 74.1 Å². The Labute approximate surface area is 333 Å². The van der Waals surface area contributed by atoms with Gasteiger partial charge in [0.05, 0.1) is 46.8 Å². The molecule has 3 aromatic carbocycles. The number of ether oxygens (including phenoxy) is 1. The van der Waals surface area contributed by atoms with E-state index >= 15 is 4.79 Å². The van der Waals surface area contributed by atoms with E-state index in [0.717, 1.165) is 60.9 Å². The highest BCUT2D eigenvalue weighted by Crippen LogP contribution is 2.46. The lowest BCUT2D eigenvalue weighted by Gasteiger charge is -2.35. The van der Waals surface area contributed by atoms with Crippen molar-refractivity contribution in [3.63, 3.8) is 0 Å². The van der Waals surface area contributed by atoms with E-state index in [1.807, 2.05) is 81.9 Å². The van der Waals surface area contributed by atoms with Gasteiger partial charge >= 0.3 is 5.97 Å². The summed E-state index contributed by atoms with van der Waals surface area (Å²) < 4.78 is 12.0. The molecule has 4 aromatic heterocycles. The van der Waals surface area contributed by atoms with Crippen molar-refractivity contribution in [3.8, 4) is 16.9 Å². The van der Waals surface area contributed by atoms with Crippen LogP contribution < -0.4 is 9.64 Å². The number of carboxylic acid groups (broad SMARTS) is 1. The molecule has 0 aliphatic carbocycles. The van der Waals surface area contributed by atoms with Crippen molar-refractivity contribution in [2.75, 3.05) is 18.1 Å². The Kier molecular flexibility index (Phi) is 9.45. The molecule has 0 saturated heterocycles. The minimum atomic E-state index is -1.08. The zero-order valence-corrected chi connectivity index (χ0v) is 33.8. The maximum absolute atomic E-state index is 15.3. The average Bonchev–Trinajstić information content (AvgIpc) is 3.90. The van der Waals surface area contributed by atoms with Gasteiger partial charge in [-0.2, -0.15) is 20.1 Å². The molecule has 0 spiro atoms. The first-order valence-electron chi connectivity index (χ1n) is 18.5. The highest BCUT2D eigenvalue weighted by Gasteiger charge is 2.38. The molecule has 1 amide bonds. The first-order valence-corrected chi connectivity index (χ1v) is 19.3. The van der Waals surface area contributed by atoms with Crippen LogP contribution in [-0.4, -0.2) is 64.0 Å². The molecule has 288 valence electrons. The van der Waals surface area contributed by atoms with Gasteiger partial charge < -0.3 is 23.9 Å². The number of aromatic nitrogens is 7. The van der Waals surface area contributed by atoms with Crippen molar-refractivity contribution in [3.05, 3.63) is 110 Å². The van der Waals surface area contributed by atoms with Crippen molar-refractivity contribution >= 4 is 62.6 Å². The largest absolute Gasteiger partial charge is 0.494 e. The van der Waals surface area contributed by atoms with Gasteiger partial charge in [0, 0.05) is 59.3 Å². The number of para-hydroxylation sites is 1. The van der Waals surface area contributed by atoms with Crippen LogP contribution in [0, 0.1) is 27.7 Å². The quantitative estimate of drug-likeness (QED) is 0.138. The number of benzene rings is 3. The molecule has 5 heterocycles. The third-order valence-electron chi connectivity index (χ3n) is 10.9. The van der Waals surface area contributed by atoms with Crippen molar-refractivity contribution in [2.24, 2.45) is 14.1 Å². The van der Waals surface area contributed by atoms with Gasteiger partial charge in [-0.1, -0.05) is 41.4 Å². The zero-order chi connectivity index (χ0) is 39.7. The van der Waals surface area contributed by atoms with Crippen LogP contribution in [0.2, 0.25) is 10.0 Å². The summed E-state index contributed by atoms with van der Waals surface area (Å²) in [6.07, 6.45) is 2.81. The van der Waals surface area contributed by atoms with E-state index in [9.17, 15) is 9.90 Å². The van der Waals surface area contributed by atoms with E-state index in [1.165, 1.54) is 4.80 Å². The highest BCUT2D eigenvalue weighted by atomic mass is 35.5. The van der Waals surface area contributed by atoms with Gasteiger partial charge in [-0.05, 0) is 94.5 Å². The normalized spacial score (nSPS) is 14.3. The molecule has 0 bridgehead atoms. The van der Waals surface area contributed by atoms with Crippen molar-refractivity contribution in [1.29, 1.82) is 0 Å². The Hall–Kier alpha value is -5.59. The van der Waals surface area contributed by atoms with Crippen LogP contribution in [-0.2, 0) is 27.1 Å². The summed E-state index contributed by atoms with van der Waals surface area (Å²) in [4.78, 5) is 31.1. The molecule has 0 radical (unpaired) electrons. The predicted molar refractivity (Wildman–Crippen MR) is 219 cm³/mol. The van der Waals surface area contributed by atoms with Crippen LogP contribution in [0.25, 0.3) is 32.9 Å². The summed E-state index contributed by atoms with van der Waals surface area (Å²) in [5, 5.41) is 26.6. The minimum Gasteiger partial charge on any atom is -0.494 e. The molecule has 1 N–H and O–H groups in total. The second-order valence-corrected chi connectivity index (χ2v) is 15.5. The fourth-order valence-electron chi connectivity index (χ4n) is 8.42. The van der Waals surface area contributed by atoms with E-state index < -0.39 is 5.97 Å². The summed E-state index contributed by atoms with van der Waals surface area (Å²) in [5.74, 6) is -0.509. The standard InChI is InChI=1S/C42H42Cl2N8O4/c1-22-16-29(17-23(2)37(22)44)56-15-9-11-30-31-13-14-32(43)36(35-25(4)46-48(6)26(35)5)39(31)52-24(3)20-51(41(53)40(30)52)33-12-8-10-27-18-34(42(54)55)50(38(27)33)21-28-19-45-49(7)47-28/h8,10,12-14,16-19,24H,9,11,15,20-21H2,1-7H3,(H,54,55)/t24-/m1/s1. The number of fused-ring (bicyclic) bond motifs is 4. The number of hydrogen-bond donors (Lipinski definition) is 1. The smallest absolute Gasteiger partial charge is 0.352 e. The summed E-state index contributed by atoms with van der Waals surface area (Å²) in [5.41, 5.74) is 9.82. The Morgan fingerprint density at radius 1 is 0.982 bits per heavy atom. The Morgan fingerprint density at radius 2 is 1.73 bits per heavy atom. The maximum Gasteiger partial charge on any atom is 0.352 e. The van der Waals surface area contributed by atoms with Crippen molar-refractivity contribution in [2.45, 2.75) is 60.0 Å². The van der Waals surface area contributed by atoms with Crippen LogP contribution >= 0.6 is 23.2 Å².